The van der Waals surface area contributed by atoms with Crippen LogP contribution < -0.4 is 5.32 Å². The average molecular weight is 387 g/mol. The number of thioether (sulfide) groups is 1. The third-order valence-corrected chi connectivity index (χ3v) is 5.89. The Kier molecular flexibility index (Phi) is 6.11. The van der Waals surface area contributed by atoms with Crippen molar-refractivity contribution in [3.05, 3.63) is 58.5 Å². The van der Waals surface area contributed by atoms with Gasteiger partial charge in [-0.15, -0.1) is 21.5 Å². The highest BCUT2D eigenvalue weighted by Crippen LogP contribution is 2.26. The van der Waals surface area contributed by atoms with Gasteiger partial charge in [0.25, 0.3) is 0 Å². The molecule has 1 amide bonds. The van der Waals surface area contributed by atoms with Gasteiger partial charge in [-0.2, -0.15) is 0 Å². The van der Waals surface area contributed by atoms with Crippen LogP contribution in [0.2, 0.25) is 0 Å². The second-order valence-electron chi connectivity index (χ2n) is 6.41. The highest BCUT2D eigenvalue weighted by atomic mass is 32.2. The molecule has 3 aromatic rings. The number of carbonyl (C=O) groups is 1. The summed E-state index contributed by atoms with van der Waals surface area (Å²) in [6.45, 7) is 6.28. The smallest absolute Gasteiger partial charge is 0.230 e. The monoisotopic (exact) mass is 386 g/mol. The van der Waals surface area contributed by atoms with E-state index in [-0.39, 0.29) is 11.9 Å². The summed E-state index contributed by atoms with van der Waals surface area (Å²) in [5.41, 5.74) is 2.19. The molecule has 1 N–H and O–H groups in total. The van der Waals surface area contributed by atoms with Crippen LogP contribution in [0.25, 0.3) is 5.69 Å². The van der Waals surface area contributed by atoms with Crippen LogP contribution in [0.5, 0.6) is 0 Å². The van der Waals surface area contributed by atoms with E-state index in [9.17, 15) is 4.79 Å². The van der Waals surface area contributed by atoms with Crippen LogP contribution in [0.3, 0.4) is 0 Å². The Morgan fingerprint density at radius 3 is 2.69 bits per heavy atom. The molecule has 136 valence electrons. The van der Waals surface area contributed by atoms with Gasteiger partial charge in [-0.25, -0.2) is 0 Å². The van der Waals surface area contributed by atoms with Gasteiger partial charge in [0.05, 0.1) is 11.8 Å². The van der Waals surface area contributed by atoms with Gasteiger partial charge in [-0.1, -0.05) is 49.4 Å². The highest BCUT2D eigenvalue weighted by molar-refractivity contribution is 7.99. The third kappa shape index (κ3) is 4.53. The molecule has 1 unspecified atom stereocenters. The lowest BCUT2D eigenvalue weighted by atomic mass is 10.0. The molecule has 2 aromatic heterocycles. The number of nitrogens with one attached hydrogen (secondary N) is 1. The van der Waals surface area contributed by atoms with Gasteiger partial charge in [0.1, 0.15) is 6.33 Å². The number of rotatable bonds is 7. The summed E-state index contributed by atoms with van der Waals surface area (Å²) in [6.07, 6.45) is 1.67. The second-order valence-corrected chi connectivity index (χ2v) is 8.33. The maximum absolute atomic E-state index is 12.5. The predicted octanol–water partition coefficient (Wildman–Crippen LogP) is 4.24. The van der Waals surface area contributed by atoms with Crippen LogP contribution in [0.4, 0.5) is 0 Å². The van der Waals surface area contributed by atoms with E-state index in [4.69, 9.17) is 0 Å². The van der Waals surface area contributed by atoms with Crippen LogP contribution >= 0.6 is 23.1 Å². The summed E-state index contributed by atoms with van der Waals surface area (Å²) in [5.74, 6) is 0.637. The summed E-state index contributed by atoms with van der Waals surface area (Å²) in [4.78, 5) is 13.6. The van der Waals surface area contributed by atoms with E-state index < -0.39 is 0 Å². The first kappa shape index (κ1) is 18.7. The first-order valence-electron chi connectivity index (χ1n) is 8.47. The lowest BCUT2D eigenvalue weighted by Gasteiger charge is -2.21. The van der Waals surface area contributed by atoms with E-state index in [0.717, 1.165) is 5.69 Å². The molecule has 0 fully saturated rings. The van der Waals surface area contributed by atoms with Gasteiger partial charge in [-0.05, 0) is 36.4 Å². The summed E-state index contributed by atoms with van der Waals surface area (Å²) < 4.78 is 1.90. The van der Waals surface area contributed by atoms with Crippen molar-refractivity contribution in [3.63, 3.8) is 0 Å². The molecule has 0 saturated heterocycles. The van der Waals surface area contributed by atoms with Gasteiger partial charge in [0.15, 0.2) is 5.16 Å². The van der Waals surface area contributed by atoms with Crippen molar-refractivity contribution in [1.29, 1.82) is 0 Å². The summed E-state index contributed by atoms with van der Waals surface area (Å²) in [5, 5.41) is 14.0. The van der Waals surface area contributed by atoms with Crippen molar-refractivity contribution in [3.8, 4) is 5.69 Å². The van der Waals surface area contributed by atoms with Gasteiger partial charge in [0, 0.05) is 10.6 Å². The Balaban J connectivity index is 1.63. The molecule has 0 aliphatic heterocycles. The number of aryl methyl sites for hydroxylation is 1. The van der Waals surface area contributed by atoms with Gasteiger partial charge < -0.3 is 5.32 Å². The zero-order valence-electron chi connectivity index (χ0n) is 15.0. The fraction of sp³-hybridized carbons (Fsp3) is 0.316. The molecule has 1 aromatic carbocycles. The number of carbonyl (C=O) groups excluding carboxylic acids is 1. The fourth-order valence-electron chi connectivity index (χ4n) is 2.59. The quantitative estimate of drug-likeness (QED) is 0.617. The number of amides is 1. The van der Waals surface area contributed by atoms with Crippen LogP contribution in [-0.4, -0.2) is 26.4 Å². The van der Waals surface area contributed by atoms with E-state index in [1.165, 1.54) is 22.2 Å². The predicted molar refractivity (Wildman–Crippen MR) is 107 cm³/mol. The molecule has 26 heavy (non-hydrogen) atoms. The molecule has 0 spiro atoms. The number of hydrogen-bond donors (Lipinski definition) is 1. The molecule has 3 rings (SSSR count). The van der Waals surface area contributed by atoms with Crippen molar-refractivity contribution in [2.75, 3.05) is 5.75 Å². The highest BCUT2D eigenvalue weighted by Gasteiger charge is 2.20. The molecule has 0 aliphatic rings. The van der Waals surface area contributed by atoms with Crippen molar-refractivity contribution in [2.24, 2.45) is 5.92 Å². The zero-order chi connectivity index (χ0) is 18.5. The molecular formula is C19H22N4OS2. The van der Waals surface area contributed by atoms with Crippen LogP contribution in [0.1, 0.15) is 30.3 Å². The molecule has 1 atom stereocenters. The zero-order valence-corrected chi connectivity index (χ0v) is 16.7. The van der Waals surface area contributed by atoms with Gasteiger partial charge >= 0.3 is 0 Å². The molecule has 0 saturated carbocycles. The lowest BCUT2D eigenvalue weighted by Crippen LogP contribution is -2.32. The van der Waals surface area contributed by atoms with Crippen molar-refractivity contribution >= 4 is 29.0 Å². The Morgan fingerprint density at radius 1 is 1.27 bits per heavy atom. The van der Waals surface area contributed by atoms with Gasteiger partial charge in [-0.3, -0.25) is 9.36 Å². The second kappa shape index (κ2) is 8.51. The minimum atomic E-state index is 0.000515. The maximum Gasteiger partial charge on any atom is 0.230 e. The van der Waals surface area contributed by atoms with Crippen molar-refractivity contribution in [2.45, 2.75) is 32.0 Å². The molecule has 0 radical (unpaired) electrons. The van der Waals surface area contributed by atoms with Crippen LogP contribution in [0, 0.1) is 12.8 Å². The van der Waals surface area contributed by atoms with E-state index in [0.29, 0.717) is 16.8 Å². The average Bonchev–Trinajstić information content (AvgIpc) is 3.30. The van der Waals surface area contributed by atoms with E-state index in [1.54, 1.807) is 17.7 Å². The Labute approximate surface area is 161 Å². The molecule has 0 bridgehead atoms. The molecular weight excluding hydrogens is 364 g/mol. The van der Waals surface area contributed by atoms with E-state index in [2.05, 4.69) is 42.4 Å². The standard InChI is InChI=1S/C19H22N4OS2/c1-13(2)18(16-5-4-10-25-16)21-17(24)11-26-19-22-20-12-23(19)15-8-6-14(3)7-9-15/h4-10,12-13,18H,11H2,1-3H3,(H,21,24). The fourth-order valence-corrected chi connectivity index (χ4v) is 4.27. The minimum absolute atomic E-state index is 0.000515. The van der Waals surface area contributed by atoms with Crippen LogP contribution in [-0.2, 0) is 4.79 Å². The number of nitrogens with zero attached hydrogens (tertiary/aromatic N) is 3. The third-order valence-electron chi connectivity index (χ3n) is 3.99. The first-order chi connectivity index (χ1) is 12.5. The Hall–Kier alpha value is -2.12. The minimum Gasteiger partial charge on any atom is -0.347 e. The SMILES string of the molecule is Cc1ccc(-n2cnnc2SCC(=O)NC(c2cccs2)C(C)C)cc1. The first-order valence-corrected chi connectivity index (χ1v) is 10.3. The molecule has 2 heterocycles. The summed E-state index contributed by atoms with van der Waals surface area (Å²) in [7, 11) is 0. The normalized spacial score (nSPS) is 12.3. The topological polar surface area (TPSA) is 59.8 Å². The number of thiophene rings is 1. The maximum atomic E-state index is 12.5. The van der Waals surface area contributed by atoms with Crippen LogP contribution in [0.15, 0.2) is 53.3 Å². The van der Waals surface area contributed by atoms with E-state index >= 15 is 0 Å². The van der Waals surface area contributed by atoms with Crippen molar-refractivity contribution < 1.29 is 4.79 Å². The summed E-state index contributed by atoms with van der Waals surface area (Å²) >= 11 is 3.06. The molecule has 5 nitrogen and oxygen atoms in total. The van der Waals surface area contributed by atoms with Crippen molar-refractivity contribution in [1.82, 2.24) is 20.1 Å². The van der Waals surface area contributed by atoms with E-state index in [1.807, 2.05) is 40.3 Å². The molecule has 7 heteroatoms. The Morgan fingerprint density at radius 2 is 2.04 bits per heavy atom. The number of benzene rings is 1. The Bertz CT molecular complexity index is 841. The summed E-state index contributed by atoms with van der Waals surface area (Å²) in [6, 6.07) is 12.3. The lowest BCUT2D eigenvalue weighted by molar-refractivity contribution is -0.119. The number of hydrogen-bond acceptors (Lipinski definition) is 5. The number of aromatic nitrogens is 3. The largest absolute Gasteiger partial charge is 0.347 e. The molecule has 0 aliphatic carbocycles. The van der Waals surface area contributed by atoms with Gasteiger partial charge in [0.2, 0.25) is 5.91 Å².